The van der Waals surface area contributed by atoms with E-state index in [9.17, 15) is 4.79 Å². The van der Waals surface area contributed by atoms with Crippen LogP contribution in [0.2, 0.25) is 5.02 Å². The molecule has 0 aromatic heterocycles. The predicted octanol–water partition coefficient (Wildman–Crippen LogP) is 2.88. The van der Waals surface area contributed by atoms with E-state index >= 15 is 0 Å². The Morgan fingerprint density at radius 3 is 2.88 bits per heavy atom. The summed E-state index contributed by atoms with van der Waals surface area (Å²) in [5, 5.41) is 0.714. The second kappa shape index (κ2) is 9.07. The van der Waals surface area contributed by atoms with Crippen molar-refractivity contribution in [3.63, 3.8) is 0 Å². The summed E-state index contributed by atoms with van der Waals surface area (Å²) in [5.41, 5.74) is 7.41. The fourth-order valence-electron chi connectivity index (χ4n) is 4.14. The molecule has 2 atom stereocenters. The van der Waals surface area contributed by atoms with Gasteiger partial charge in [0, 0.05) is 31.3 Å². The van der Waals surface area contributed by atoms with Gasteiger partial charge in [-0.3, -0.25) is 4.79 Å². The normalized spacial score (nSPS) is 22.9. The summed E-state index contributed by atoms with van der Waals surface area (Å²) in [4.78, 5) is 14.9. The number of rotatable bonds is 5. The van der Waals surface area contributed by atoms with Crippen LogP contribution in [0.4, 0.5) is 0 Å². The number of nitrogens with two attached hydrogens (primary N) is 1. The van der Waals surface area contributed by atoms with Crippen LogP contribution in [0.3, 0.4) is 0 Å². The number of ether oxygens (including phenoxy) is 2. The minimum atomic E-state index is -0.404. The van der Waals surface area contributed by atoms with E-state index in [1.165, 1.54) is 0 Å². The fraction of sp³-hybridized carbons (Fsp3) is 0.650. The molecule has 0 spiro atoms. The van der Waals surface area contributed by atoms with Gasteiger partial charge in [0.1, 0.15) is 5.75 Å². The van der Waals surface area contributed by atoms with Gasteiger partial charge in [0.05, 0.1) is 13.2 Å². The molecule has 2 unspecified atom stereocenters. The van der Waals surface area contributed by atoms with Crippen molar-refractivity contribution in [1.29, 1.82) is 0 Å². The van der Waals surface area contributed by atoms with Crippen LogP contribution < -0.4 is 10.5 Å². The van der Waals surface area contributed by atoms with Gasteiger partial charge in [0.25, 0.3) is 0 Å². The molecule has 1 amide bonds. The van der Waals surface area contributed by atoms with Gasteiger partial charge in [-0.2, -0.15) is 0 Å². The van der Waals surface area contributed by atoms with Crippen LogP contribution in [0, 0.1) is 11.8 Å². The molecule has 0 saturated carbocycles. The number of hydrogen-bond acceptors (Lipinski definition) is 4. The Morgan fingerprint density at radius 2 is 2.15 bits per heavy atom. The van der Waals surface area contributed by atoms with Gasteiger partial charge in [-0.1, -0.05) is 11.6 Å². The van der Waals surface area contributed by atoms with Crippen molar-refractivity contribution in [2.24, 2.45) is 17.6 Å². The summed E-state index contributed by atoms with van der Waals surface area (Å²) in [6, 6.07) is 5.31. The van der Waals surface area contributed by atoms with Gasteiger partial charge in [-0.05, 0) is 67.7 Å². The number of methoxy groups -OCH3 is 1. The molecular formula is C20H29ClN2O3. The highest BCUT2D eigenvalue weighted by Gasteiger charge is 2.32. The molecule has 1 aromatic carbocycles. The SMILES string of the molecule is COc1ccc(Cl)cc1CC1CCCN(C(=O)C(N)C2CCOCC2)C1. The van der Waals surface area contributed by atoms with Crippen LogP contribution >= 0.6 is 11.6 Å². The first-order valence-corrected chi connectivity index (χ1v) is 9.91. The van der Waals surface area contributed by atoms with Crippen molar-refractivity contribution in [2.45, 2.75) is 38.1 Å². The van der Waals surface area contributed by atoms with E-state index in [2.05, 4.69) is 0 Å². The van der Waals surface area contributed by atoms with Crippen molar-refractivity contribution >= 4 is 17.5 Å². The third-order valence-electron chi connectivity index (χ3n) is 5.64. The van der Waals surface area contributed by atoms with Gasteiger partial charge in [-0.25, -0.2) is 0 Å². The number of likely N-dealkylation sites (tertiary alicyclic amines) is 1. The van der Waals surface area contributed by atoms with Gasteiger partial charge in [-0.15, -0.1) is 0 Å². The molecular weight excluding hydrogens is 352 g/mol. The zero-order chi connectivity index (χ0) is 18.5. The van der Waals surface area contributed by atoms with Crippen molar-refractivity contribution in [3.8, 4) is 5.75 Å². The Bertz CT molecular complexity index is 619. The van der Waals surface area contributed by atoms with Gasteiger partial charge < -0.3 is 20.1 Å². The first-order valence-electron chi connectivity index (χ1n) is 9.53. The first-order chi connectivity index (χ1) is 12.6. The standard InChI is InChI=1S/C20H29ClN2O3/c1-25-18-5-4-17(21)12-16(18)11-14-3-2-8-23(13-14)20(24)19(22)15-6-9-26-10-7-15/h4-5,12,14-15,19H,2-3,6-11,13,22H2,1H3. The number of carbonyl (C=O) groups is 1. The van der Waals surface area contributed by atoms with E-state index in [-0.39, 0.29) is 11.8 Å². The Morgan fingerprint density at radius 1 is 1.38 bits per heavy atom. The van der Waals surface area contributed by atoms with E-state index in [0.717, 1.165) is 56.5 Å². The number of nitrogens with zero attached hydrogens (tertiary/aromatic N) is 1. The highest BCUT2D eigenvalue weighted by atomic mass is 35.5. The topological polar surface area (TPSA) is 64.8 Å². The third-order valence-corrected chi connectivity index (χ3v) is 5.88. The van der Waals surface area contributed by atoms with E-state index in [1.807, 2.05) is 23.1 Å². The number of benzene rings is 1. The molecule has 0 aliphatic carbocycles. The number of amides is 1. The maximum Gasteiger partial charge on any atom is 0.239 e. The molecule has 2 N–H and O–H groups in total. The number of halogens is 1. The Balaban J connectivity index is 1.62. The minimum absolute atomic E-state index is 0.0969. The Hall–Kier alpha value is -1.30. The van der Waals surface area contributed by atoms with Crippen molar-refractivity contribution in [1.82, 2.24) is 4.90 Å². The molecule has 1 aromatic rings. The summed E-state index contributed by atoms with van der Waals surface area (Å²) in [5.74, 6) is 1.60. The van der Waals surface area contributed by atoms with Crippen molar-refractivity contribution in [3.05, 3.63) is 28.8 Å². The fourth-order valence-corrected chi connectivity index (χ4v) is 4.33. The summed E-state index contributed by atoms with van der Waals surface area (Å²) in [7, 11) is 1.68. The van der Waals surface area contributed by atoms with Crippen LogP contribution in [0.15, 0.2) is 18.2 Å². The smallest absolute Gasteiger partial charge is 0.239 e. The van der Waals surface area contributed by atoms with Crippen LogP contribution in [-0.4, -0.2) is 50.3 Å². The van der Waals surface area contributed by atoms with E-state index in [4.69, 9.17) is 26.8 Å². The number of carbonyl (C=O) groups excluding carboxylic acids is 1. The molecule has 0 radical (unpaired) electrons. The zero-order valence-corrected chi connectivity index (χ0v) is 16.2. The zero-order valence-electron chi connectivity index (χ0n) is 15.5. The van der Waals surface area contributed by atoms with Gasteiger partial charge >= 0.3 is 0 Å². The van der Waals surface area contributed by atoms with E-state index in [0.29, 0.717) is 24.2 Å². The van der Waals surface area contributed by atoms with Crippen LogP contribution in [0.1, 0.15) is 31.2 Å². The molecule has 26 heavy (non-hydrogen) atoms. The molecule has 2 fully saturated rings. The van der Waals surface area contributed by atoms with E-state index < -0.39 is 6.04 Å². The maximum absolute atomic E-state index is 12.9. The highest BCUT2D eigenvalue weighted by Crippen LogP contribution is 2.29. The lowest BCUT2D eigenvalue weighted by Crippen LogP contribution is -2.51. The lowest BCUT2D eigenvalue weighted by molar-refractivity contribution is -0.136. The second-order valence-electron chi connectivity index (χ2n) is 7.43. The summed E-state index contributed by atoms with van der Waals surface area (Å²) >= 11 is 6.15. The predicted molar refractivity (Wildman–Crippen MR) is 103 cm³/mol. The number of piperidine rings is 1. The summed E-state index contributed by atoms with van der Waals surface area (Å²) in [6.45, 7) is 2.98. The molecule has 3 rings (SSSR count). The van der Waals surface area contributed by atoms with Crippen molar-refractivity contribution < 1.29 is 14.3 Å². The molecule has 2 aliphatic rings. The molecule has 2 heterocycles. The maximum atomic E-state index is 12.9. The average Bonchev–Trinajstić information content (AvgIpc) is 2.68. The number of hydrogen-bond donors (Lipinski definition) is 1. The second-order valence-corrected chi connectivity index (χ2v) is 7.86. The lowest BCUT2D eigenvalue weighted by atomic mass is 9.88. The minimum Gasteiger partial charge on any atom is -0.496 e. The van der Waals surface area contributed by atoms with E-state index in [1.54, 1.807) is 7.11 Å². The summed E-state index contributed by atoms with van der Waals surface area (Å²) in [6.07, 6.45) is 4.74. The molecule has 5 nitrogen and oxygen atoms in total. The van der Waals surface area contributed by atoms with Crippen LogP contribution in [-0.2, 0) is 16.0 Å². The molecule has 144 valence electrons. The quantitative estimate of drug-likeness (QED) is 0.853. The largest absolute Gasteiger partial charge is 0.496 e. The average molecular weight is 381 g/mol. The molecule has 2 saturated heterocycles. The first kappa shape index (κ1) is 19.5. The molecule has 0 bridgehead atoms. The van der Waals surface area contributed by atoms with Gasteiger partial charge in [0.2, 0.25) is 5.91 Å². The van der Waals surface area contributed by atoms with Crippen LogP contribution in [0.25, 0.3) is 0 Å². The molecule has 2 aliphatic heterocycles. The third kappa shape index (κ3) is 4.70. The Kier molecular flexibility index (Phi) is 6.79. The van der Waals surface area contributed by atoms with Gasteiger partial charge in [0.15, 0.2) is 0 Å². The molecule has 6 heteroatoms. The monoisotopic (exact) mass is 380 g/mol. The highest BCUT2D eigenvalue weighted by molar-refractivity contribution is 6.30. The Labute approximate surface area is 160 Å². The lowest BCUT2D eigenvalue weighted by Gasteiger charge is -2.36. The van der Waals surface area contributed by atoms with Crippen LogP contribution in [0.5, 0.6) is 5.75 Å². The van der Waals surface area contributed by atoms with Crippen molar-refractivity contribution in [2.75, 3.05) is 33.4 Å². The summed E-state index contributed by atoms with van der Waals surface area (Å²) < 4.78 is 10.8.